The second-order valence-corrected chi connectivity index (χ2v) is 7.00. The molecule has 3 rings (SSSR count). The molecule has 110 valence electrons. The standard InChI is InChI=1S/C19H22BrN/c1-14(11-15-7-3-2-4-8-15)21-17-12-16(13-17)18-9-5-6-10-19(18)20/h2-10,14,16-17,21H,11-13H2,1H3. The van der Waals surface area contributed by atoms with Gasteiger partial charge in [0.15, 0.2) is 0 Å². The van der Waals surface area contributed by atoms with Crippen LogP contribution in [0.3, 0.4) is 0 Å². The highest BCUT2D eigenvalue weighted by molar-refractivity contribution is 9.10. The third kappa shape index (κ3) is 3.75. The molecule has 0 heterocycles. The zero-order chi connectivity index (χ0) is 14.7. The van der Waals surface area contributed by atoms with Gasteiger partial charge in [0.25, 0.3) is 0 Å². The van der Waals surface area contributed by atoms with Gasteiger partial charge in [0.05, 0.1) is 0 Å². The van der Waals surface area contributed by atoms with Crippen LogP contribution in [0.5, 0.6) is 0 Å². The van der Waals surface area contributed by atoms with Crippen molar-refractivity contribution in [3.8, 4) is 0 Å². The van der Waals surface area contributed by atoms with E-state index in [0.717, 1.165) is 6.42 Å². The summed E-state index contributed by atoms with van der Waals surface area (Å²) in [6.07, 6.45) is 3.61. The van der Waals surface area contributed by atoms with Crippen molar-refractivity contribution in [1.82, 2.24) is 5.32 Å². The van der Waals surface area contributed by atoms with Crippen molar-refractivity contribution in [3.63, 3.8) is 0 Å². The predicted molar refractivity (Wildman–Crippen MR) is 92.6 cm³/mol. The van der Waals surface area contributed by atoms with Gasteiger partial charge in [-0.05, 0) is 49.3 Å². The van der Waals surface area contributed by atoms with Crippen LogP contribution in [-0.4, -0.2) is 12.1 Å². The van der Waals surface area contributed by atoms with Gasteiger partial charge in [0, 0.05) is 16.6 Å². The molecular weight excluding hydrogens is 322 g/mol. The second kappa shape index (κ2) is 6.76. The van der Waals surface area contributed by atoms with E-state index in [0.29, 0.717) is 18.0 Å². The molecule has 1 N–H and O–H groups in total. The average molecular weight is 344 g/mol. The van der Waals surface area contributed by atoms with Gasteiger partial charge in [-0.1, -0.05) is 64.5 Å². The monoisotopic (exact) mass is 343 g/mol. The van der Waals surface area contributed by atoms with Gasteiger partial charge in [0.2, 0.25) is 0 Å². The second-order valence-electron chi connectivity index (χ2n) is 6.14. The van der Waals surface area contributed by atoms with Gasteiger partial charge in [-0.3, -0.25) is 0 Å². The molecule has 0 saturated heterocycles. The van der Waals surface area contributed by atoms with Crippen LogP contribution < -0.4 is 5.32 Å². The van der Waals surface area contributed by atoms with Crippen LogP contribution >= 0.6 is 15.9 Å². The van der Waals surface area contributed by atoms with E-state index >= 15 is 0 Å². The lowest BCUT2D eigenvalue weighted by molar-refractivity contribution is 0.268. The molecule has 1 atom stereocenters. The summed E-state index contributed by atoms with van der Waals surface area (Å²) in [4.78, 5) is 0. The van der Waals surface area contributed by atoms with Crippen molar-refractivity contribution in [2.45, 2.75) is 44.2 Å². The maximum absolute atomic E-state index is 3.77. The summed E-state index contributed by atoms with van der Waals surface area (Å²) in [7, 11) is 0. The summed E-state index contributed by atoms with van der Waals surface area (Å²) in [6.45, 7) is 2.29. The van der Waals surface area contributed by atoms with E-state index in [1.54, 1.807) is 0 Å². The molecule has 1 aliphatic rings. The van der Waals surface area contributed by atoms with Gasteiger partial charge >= 0.3 is 0 Å². The lowest BCUT2D eigenvalue weighted by Gasteiger charge is -2.38. The van der Waals surface area contributed by atoms with Crippen molar-refractivity contribution in [3.05, 3.63) is 70.2 Å². The first kappa shape index (κ1) is 14.8. The topological polar surface area (TPSA) is 12.0 Å². The van der Waals surface area contributed by atoms with Gasteiger partial charge in [-0.15, -0.1) is 0 Å². The maximum Gasteiger partial charge on any atom is 0.0210 e. The van der Waals surface area contributed by atoms with Crippen molar-refractivity contribution in [2.75, 3.05) is 0 Å². The number of hydrogen-bond donors (Lipinski definition) is 1. The Labute approximate surface area is 135 Å². The molecule has 1 nitrogen and oxygen atoms in total. The van der Waals surface area contributed by atoms with Crippen molar-refractivity contribution in [2.24, 2.45) is 0 Å². The summed E-state index contributed by atoms with van der Waals surface area (Å²) in [5.74, 6) is 0.710. The van der Waals surface area contributed by atoms with Gasteiger partial charge in [0.1, 0.15) is 0 Å². The normalized spacial score (nSPS) is 22.6. The molecule has 0 aromatic heterocycles. The molecule has 0 spiro atoms. The Morgan fingerprint density at radius 1 is 1.05 bits per heavy atom. The molecular formula is C19H22BrN. The summed E-state index contributed by atoms with van der Waals surface area (Å²) < 4.78 is 1.26. The molecule has 0 radical (unpaired) electrons. The molecule has 1 aliphatic carbocycles. The molecule has 0 aliphatic heterocycles. The molecule has 21 heavy (non-hydrogen) atoms. The molecule has 2 aromatic carbocycles. The number of halogens is 1. The molecule has 0 bridgehead atoms. The first-order valence-electron chi connectivity index (χ1n) is 7.77. The van der Waals surface area contributed by atoms with E-state index in [1.165, 1.54) is 28.4 Å². The summed E-state index contributed by atoms with van der Waals surface area (Å²) in [5.41, 5.74) is 2.88. The third-order valence-electron chi connectivity index (χ3n) is 4.39. The Hall–Kier alpha value is -1.12. The van der Waals surface area contributed by atoms with E-state index in [-0.39, 0.29) is 0 Å². The fourth-order valence-electron chi connectivity index (χ4n) is 3.24. The minimum absolute atomic E-state index is 0.539. The first-order valence-corrected chi connectivity index (χ1v) is 8.56. The van der Waals surface area contributed by atoms with E-state index in [1.807, 2.05) is 0 Å². The smallest absolute Gasteiger partial charge is 0.0210 e. The fraction of sp³-hybridized carbons (Fsp3) is 0.368. The lowest BCUT2D eigenvalue weighted by atomic mass is 9.75. The maximum atomic E-state index is 3.77. The Balaban J connectivity index is 1.48. The number of rotatable bonds is 5. The quantitative estimate of drug-likeness (QED) is 0.812. The Morgan fingerprint density at radius 2 is 1.71 bits per heavy atom. The number of hydrogen-bond acceptors (Lipinski definition) is 1. The molecule has 1 unspecified atom stereocenters. The van der Waals surface area contributed by atoms with Crippen LogP contribution in [-0.2, 0) is 6.42 Å². The largest absolute Gasteiger partial charge is 0.311 e. The summed E-state index contributed by atoms with van der Waals surface area (Å²) >= 11 is 3.67. The van der Waals surface area contributed by atoms with Crippen LogP contribution in [0.15, 0.2) is 59.1 Å². The zero-order valence-corrected chi connectivity index (χ0v) is 14.0. The lowest BCUT2D eigenvalue weighted by Crippen LogP contribution is -2.45. The van der Waals surface area contributed by atoms with Crippen LogP contribution in [0.1, 0.15) is 36.8 Å². The van der Waals surface area contributed by atoms with Gasteiger partial charge < -0.3 is 5.32 Å². The molecule has 1 saturated carbocycles. The van der Waals surface area contributed by atoms with E-state index in [9.17, 15) is 0 Å². The highest BCUT2D eigenvalue weighted by Crippen LogP contribution is 2.40. The minimum atomic E-state index is 0.539. The highest BCUT2D eigenvalue weighted by atomic mass is 79.9. The van der Waals surface area contributed by atoms with Crippen LogP contribution in [0.4, 0.5) is 0 Å². The number of benzene rings is 2. The van der Waals surface area contributed by atoms with Crippen LogP contribution in [0, 0.1) is 0 Å². The molecule has 0 amide bonds. The average Bonchev–Trinajstić information content (AvgIpc) is 2.45. The third-order valence-corrected chi connectivity index (χ3v) is 5.11. The SMILES string of the molecule is CC(Cc1ccccc1)NC1CC(c2ccccc2Br)C1. The highest BCUT2D eigenvalue weighted by Gasteiger charge is 2.31. The van der Waals surface area contributed by atoms with Crippen LogP contribution in [0.2, 0.25) is 0 Å². The fourth-order valence-corrected chi connectivity index (χ4v) is 3.85. The van der Waals surface area contributed by atoms with E-state index in [2.05, 4.69) is 82.8 Å². The van der Waals surface area contributed by atoms with Crippen molar-refractivity contribution < 1.29 is 0 Å². The Morgan fingerprint density at radius 3 is 2.43 bits per heavy atom. The predicted octanol–water partition coefficient (Wildman–Crippen LogP) is 4.92. The van der Waals surface area contributed by atoms with E-state index < -0.39 is 0 Å². The first-order chi connectivity index (χ1) is 10.2. The summed E-state index contributed by atoms with van der Waals surface area (Å²) in [6, 6.07) is 20.6. The molecule has 2 aromatic rings. The Kier molecular flexibility index (Phi) is 4.77. The van der Waals surface area contributed by atoms with Crippen LogP contribution in [0.25, 0.3) is 0 Å². The molecule has 1 fully saturated rings. The molecule has 2 heteroatoms. The summed E-state index contributed by atoms with van der Waals surface area (Å²) in [5, 5.41) is 3.77. The van der Waals surface area contributed by atoms with Crippen molar-refractivity contribution in [1.29, 1.82) is 0 Å². The van der Waals surface area contributed by atoms with E-state index in [4.69, 9.17) is 0 Å². The number of nitrogens with one attached hydrogen (secondary N) is 1. The Bertz CT molecular complexity index is 575. The van der Waals surface area contributed by atoms with Gasteiger partial charge in [-0.2, -0.15) is 0 Å². The van der Waals surface area contributed by atoms with Gasteiger partial charge in [-0.25, -0.2) is 0 Å². The minimum Gasteiger partial charge on any atom is -0.311 e. The van der Waals surface area contributed by atoms with Crippen molar-refractivity contribution >= 4 is 15.9 Å². The zero-order valence-electron chi connectivity index (χ0n) is 12.4.